The zero-order valence-corrected chi connectivity index (χ0v) is 14.8. The first-order chi connectivity index (χ1) is 11.4. The Morgan fingerprint density at radius 2 is 1.92 bits per heavy atom. The monoisotopic (exact) mass is 343 g/mol. The second kappa shape index (κ2) is 8.02. The SMILES string of the molecule is Cc1ccc(C)c(SCC(=O)Nc2cccc(C(C)C(=O)O)c2)c1. The Morgan fingerprint density at radius 3 is 2.62 bits per heavy atom. The van der Waals surface area contributed by atoms with E-state index in [0.29, 0.717) is 17.0 Å². The van der Waals surface area contributed by atoms with Gasteiger partial charge in [0.05, 0.1) is 11.7 Å². The van der Waals surface area contributed by atoms with E-state index in [-0.39, 0.29) is 5.91 Å². The van der Waals surface area contributed by atoms with E-state index < -0.39 is 11.9 Å². The highest BCUT2D eigenvalue weighted by Crippen LogP contribution is 2.24. The van der Waals surface area contributed by atoms with Crippen molar-refractivity contribution in [2.75, 3.05) is 11.1 Å². The summed E-state index contributed by atoms with van der Waals surface area (Å²) in [4.78, 5) is 24.3. The predicted molar refractivity (Wildman–Crippen MR) is 97.8 cm³/mol. The number of aliphatic carboxylic acids is 1. The van der Waals surface area contributed by atoms with Gasteiger partial charge < -0.3 is 10.4 Å². The maximum absolute atomic E-state index is 12.1. The Hall–Kier alpha value is -2.27. The van der Waals surface area contributed by atoms with E-state index in [1.807, 2.05) is 19.9 Å². The Balaban J connectivity index is 1.98. The van der Waals surface area contributed by atoms with Crippen LogP contribution < -0.4 is 5.32 Å². The topological polar surface area (TPSA) is 66.4 Å². The number of carbonyl (C=O) groups excluding carboxylic acids is 1. The average Bonchev–Trinajstić information content (AvgIpc) is 2.55. The van der Waals surface area contributed by atoms with Crippen LogP contribution in [0.1, 0.15) is 29.5 Å². The second-order valence-corrected chi connectivity index (χ2v) is 6.81. The summed E-state index contributed by atoms with van der Waals surface area (Å²) in [5, 5.41) is 11.9. The third-order valence-corrected chi connectivity index (χ3v) is 4.90. The number of carbonyl (C=O) groups is 2. The molecule has 1 atom stereocenters. The van der Waals surface area contributed by atoms with E-state index in [0.717, 1.165) is 10.5 Å². The highest BCUT2D eigenvalue weighted by Gasteiger charge is 2.14. The number of amides is 1. The van der Waals surface area contributed by atoms with Gasteiger partial charge in [0.25, 0.3) is 0 Å². The fraction of sp³-hybridized carbons (Fsp3) is 0.263. The van der Waals surface area contributed by atoms with Crippen molar-refractivity contribution in [1.82, 2.24) is 0 Å². The van der Waals surface area contributed by atoms with Gasteiger partial charge >= 0.3 is 5.97 Å². The third-order valence-electron chi connectivity index (χ3n) is 3.74. The minimum absolute atomic E-state index is 0.110. The van der Waals surface area contributed by atoms with Crippen LogP contribution in [0.5, 0.6) is 0 Å². The molecule has 0 aliphatic heterocycles. The lowest BCUT2D eigenvalue weighted by atomic mass is 10.0. The number of thioether (sulfide) groups is 1. The minimum Gasteiger partial charge on any atom is -0.481 e. The molecule has 0 spiro atoms. The standard InChI is InChI=1S/C19H21NO3S/c1-12-7-8-13(2)17(9-12)24-11-18(21)20-16-6-4-5-15(10-16)14(3)19(22)23/h4-10,14H,11H2,1-3H3,(H,20,21)(H,22,23). The van der Waals surface area contributed by atoms with Gasteiger partial charge in [-0.25, -0.2) is 0 Å². The van der Waals surface area contributed by atoms with Crippen molar-refractivity contribution in [2.45, 2.75) is 31.6 Å². The Kier molecular flexibility index (Phi) is 6.04. The number of aryl methyl sites for hydroxylation is 2. The number of nitrogens with one attached hydrogen (secondary N) is 1. The number of carboxylic acid groups (broad SMARTS) is 1. The molecule has 0 aliphatic rings. The summed E-state index contributed by atoms with van der Waals surface area (Å²) in [6, 6.07) is 13.1. The van der Waals surface area contributed by atoms with Gasteiger partial charge in [-0.1, -0.05) is 29.8 Å². The molecule has 126 valence electrons. The summed E-state index contributed by atoms with van der Waals surface area (Å²) in [6.07, 6.45) is 0. The molecule has 0 radical (unpaired) electrons. The molecular weight excluding hydrogens is 322 g/mol. The summed E-state index contributed by atoms with van der Waals surface area (Å²) < 4.78 is 0. The largest absolute Gasteiger partial charge is 0.481 e. The molecule has 0 heterocycles. The van der Waals surface area contributed by atoms with Gasteiger partial charge in [-0.3, -0.25) is 9.59 Å². The predicted octanol–water partition coefficient (Wildman–Crippen LogP) is 4.22. The molecule has 0 saturated heterocycles. The first-order valence-corrected chi connectivity index (χ1v) is 8.68. The van der Waals surface area contributed by atoms with Crippen LogP contribution in [0.3, 0.4) is 0 Å². The molecule has 4 nitrogen and oxygen atoms in total. The van der Waals surface area contributed by atoms with E-state index in [1.165, 1.54) is 17.3 Å². The zero-order chi connectivity index (χ0) is 17.7. The van der Waals surface area contributed by atoms with Gasteiger partial charge in [0, 0.05) is 10.6 Å². The molecule has 0 aromatic heterocycles. The normalized spacial score (nSPS) is 11.8. The summed E-state index contributed by atoms with van der Waals surface area (Å²) in [5.41, 5.74) is 3.60. The fourth-order valence-corrected chi connectivity index (χ4v) is 3.16. The molecular formula is C19H21NO3S. The number of carboxylic acids is 1. The van der Waals surface area contributed by atoms with Crippen LogP contribution in [0, 0.1) is 13.8 Å². The Labute approximate surface area is 146 Å². The van der Waals surface area contributed by atoms with Crippen LogP contribution in [0.15, 0.2) is 47.4 Å². The highest BCUT2D eigenvalue weighted by atomic mass is 32.2. The molecule has 0 aliphatic carbocycles. The lowest BCUT2D eigenvalue weighted by molar-refractivity contribution is -0.138. The van der Waals surface area contributed by atoms with Crippen molar-refractivity contribution in [3.05, 3.63) is 59.2 Å². The van der Waals surface area contributed by atoms with Crippen LogP contribution in [0.25, 0.3) is 0 Å². The molecule has 5 heteroatoms. The minimum atomic E-state index is -0.885. The second-order valence-electron chi connectivity index (χ2n) is 5.79. The smallest absolute Gasteiger partial charge is 0.310 e. The maximum atomic E-state index is 12.1. The number of hydrogen-bond acceptors (Lipinski definition) is 3. The van der Waals surface area contributed by atoms with E-state index >= 15 is 0 Å². The average molecular weight is 343 g/mol. The fourth-order valence-electron chi connectivity index (χ4n) is 2.23. The molecule has 2 N–H and O–H groups in total. The van der Waals surface area contributed by atoms with Crippen molar-refractivity contribution in [3.63, 3.8) is 0 Å². The number of benzene rings is 2. The molecule has 24 heavy (non-hydrogen) atoms. The van der Waals surface area contributed by atoms with Crippen molar-refractivity contribution in [3.8, 4) is 0 Å². The quantitative estimate of drug-likeness (QED) is 0.771. The van der Waals surface area contributed by atoms with E-state index in [1.54, 1.807) is 31.2 Å². The van der Waals surface area contributed by atoms with Gasteiger partial charge in [0.15, 0.2) is 0 Å². The number of anilines is 1. The molecule has 2 aromatic carbocycles. The highest BCUT2D eigenvalue weighted by molar-refractivity contribution is 8.00. The number of rotatable bonds is 6. The van der Waals surface area contributed by atoms with Crippen LogP contribution in [0.4, 0.5) is 5.69 Å². The summed E-state index contributed by atoms with van der Waals surface area (Å²) in [6.45, 7) is 5.68. The first kappa shape index (κ1) is 18.1. The van der Waals surface area contributed by atoms with Crippen molar-refractivity contribution < 1.29 is 14.7 Å². The van der Waals surface area contributed by atoms with Gasteiger partial charge in [-0.15, -0.1) is 11.8 Å². The maximum Gasteiger partial charge on any atom is 0.310 e. The molecule has 2 aromatic rings. The lowest BCUT2D eigenvalue weighted by Crippen LogP contribution is -2.15. The van der Waals surface area contributed by atoms with Crippen molar-refractivity contribution in [2.24, 2.45) is 0 Å². The third kappa shape index (κ3) is 4.86. The molecule has 1 unspecified atom stereocenters. The molecule has 0 fully saturated rings. The summed E-state index contributed by atoms with van der Waals surface area (Å²) >= 11 is 1.50. The molecule has 2 rings (SSSR count). The van der Waals surface area contributed by atoms with E-state index in [9.17, 15) is 9.59 Å². The summed E-state index contributed by atoms with van der Waals surface area (Å²) in [7, 11) is 0. The van der Waals surface area contributed by atoms with Crippen LogP contribution in [-0.2, 0) is 9.59 Å². The van der Waals surface area contributed by atoms with Gasteiger partial charge in [-0.2, -0.15) is 0 Å². The van der Waals surface area contributed by atoms with Crippen LogP contribution in [-0.4, -0.2) is 22.7 Å². The van der Waals surface area contributed by atoms with E-state index in [4.69, 9.17) is 5.11 Å². The molecule has 0 bridgehead atoms. The number of hydrogen-bond donors (Lipinski definition) is 2. The van der Waals surface area contributed by atoms with Crippen LogP contribution in [0.2, 0.25) is 0 Å². The Bertz CT molecular complexity index is 758. The molecule has 1 amide bonds. The lowest BCUT2D eigenvalue weighted by Gasteiger charge is -2.11. The van der Waals surface area contributed by atoms with Crippen molar-refractivity contribution in [1.29, 1.82) is 0 Å². The van der Waals surface area contributed by atoms with Gasteiger partial charge in [-0.05, 0) is 50.1 Å². The van der Waals surface area contributed by atoms with Crippen LogP contribution >= 0.6 is 11.8 Å². The van der Waals surface area contributed by atoms with Gasteiger partial charge in [0.2, 0.25) is 5.91 Å². The van der Waals surface area contributed by atoms with E-state index in [2.05, 4.69) is 17.4 Å². The molecule has 0 saturated carbocycles. The zero-order valence-electron chi connectivity index (χ0n) is 14.0. The first-order valence-electron chi connectivity index (χ1n) is 7.69. The van der Waals surface area contributed by atoms with Gasteiger partial charge in [0.1, 0.15) is 0 Å². The summed E-state index contributed by atoms with van der Waals surface area (Å²) in [5.74, 6) is -1.29. The van der Waals surface area contributed by atoms with Crippen molar-refractivity contribution >= 4 is 29.3 Å². The Morgan fingerprint density at radius 1 is 1.17 bits per heavy atom.